The van der Waals surface area contributed by atoms with Crippen LogP contribution in [-0.4, -0.2) is 70.7 Å². The summed E-state index contributed by atoms with van der Waals surface area (Å²) >= 11 is 0. The number of nitrogens with zero attached hydrogens (tertiary/aromatic N) is 3. The normalized spacial score (nSPS) is 15.4. The summed E-state index contributed by atoms with van der Waals surface area (Å²) in [5, 5.41) is 10.2. The molecule has 46 heavy (non-hydrogen) atoms. The van der Waals surface area contributed by atoms with E-state index in [-0.39, 0.29) is 37.7 Å². The molecule has 250 valence electrons. The van der Waals surface area contributed by atoms with E-state index in [1.165, 1.54) is 6.42 Å². The molecule has 0 radical (unpaired) electrons. The lowest BCUT2D eigenvalue weighted by Gasteiger charge is -2.36. The van der Waals surface area contributed by atoms with Crippen LogP contribution in [0, 0.1) is 0 Å². The maximum Gasteiger partial charge on any atom is 0.338 e. The number of nitrogens with two attached hydrogens (primary N) is 1. The Bertz CT molecular complexity index is 1360. The number of hydrogen-bond donors (Lipinski definition) is 2. The van der Waals surface area contributed by atoms with Crippen molar-refractivity contribution in [3.63, 3.8) is 0 Å². The summed E-state index contributed by atoms with van der Waals surface area (Å²) < 4.78 is 16.6. The number of esters is 2. The summed E-state index contributed by atoms with van der Waals surface area (Å²) in [6.45, 7) is 4.49. The lowest BCUT2D eigenvalue weighted by molar-refractivity contribution is -0.146. The van der Waals surface area contributed by atoms with Gasteiger partial charge in [-0.15, -0.1) is 0 Å². The molecule has 0 aromatic heterocycles. The number of carbonyl (C=O) groups is 3. The van der Waals surface area contributed by atoms with Crippen LogP contribution in [0.2, 0.25) is 0 Å². The van der Waals surface area contributed by atoms with E-state index in [1.54, 1.807) is 47.9 Å². The molecule has 1 aliphatic carbocycles. The van der Waals surface area contributed by atoms with Crippen molar-refractivity contribution in [2.24, 2.45) is 10.7 Å². The molecule has 3 N–H and O–H groups in total. The Morgan fingerprint density at radius 3 is 2.57 bits per heavy atom. The molecule has 1 fully saturated rings. The Hall–Kier alpha value is -4.12. The monoisotopic (exact) mass is 636 g/mol. The molecular weight excluding hydrogens is 588 g/mol. The number of unbranched alkanes of at least 4 members (excludes halogenated alkanes) is 3. The highest BCUT2D eigenvalue weighted by atomic mass is 16.5. The van der Waals surface area contributed by atoms with Crippen LogP contribution in [0.3, 0.4) is 0 Å². The van der Waals surface area contributed by atoms with Crippen molar-refractivity contribution in [1.29, 1.82) is 0 Å². The Balaban J connectivity index is 1.20. The van der Waals surface area contributed by atoms with Crippen LogP contribution in [-0.2, 0) is 32.2 Å². The van der Waals surface area contributed by atoms with Gasteiger partial charge in [0.2, 0.25) is 5.91 Å². The van der Waals surface area contributed by atoms with Gasteiger partial charge in [-0.3, -0.25) is 9.59 Å². The number of guanidine groups is 1. The second-order valence-electron chi connectivity index (χ2n) is 11.9. The molecule has 2 aliphatic rings. The minimum absolute atomic E-state index is 0.00933. The third-order valence-electron chi connectivity index (χ3n) is 8.38. The number of carbonyl (C=O) groups excluding carboxylic acids is 3. The van der Waals surface area contributed by atoms with Crippen LogP contribution in [0.5, 0.6) is 5.75 Å². The predicted molar refractivity (Wildman–Crippen MR) is 174 cm³/mol. The van der Waals surface area contributed by atoms with Gasteiger partial charge in [-0.25, -0.2) is 9.79 Å². The fraction of sp³-hybridized carbons (Fsp3) is 0.543. The van der Waals surface area contributed by atoms with Crippen LogP contribution in [0.4, 0.5) is 5.69 Å². The van der Waals surface area contributed by atoms with E-state index in [4.69, 9.17) is 19.9 Å². The van der Waals surface area contributed by atoms with Crippen molar-refractivity contribution in [2.45, 2.75) is 103 Å². The zero-order chi connectivity index (χ0) is 32.9. The summed E-state index contributed by atoms with van der Waals surface area (Å²) in [7, 11) is 0. The van der Waals surface area contributed by atoms with Crippen molar-refractivity contribution in [3.8, 4) is 5.75 Å². The minimum Gasteiger partial charge on any atom is -0.493 e. The van der Waals surface area contributed by atoms with Crippen LogP contribution in [0.1, 0.15) is 99.5 Å². The van der Waals surface area contributed by atoms with Gasteiger partial charge in [-0.05, 0) is 69.4 Å². The summed E-state index contributed by atoms with van der Waals surface area (Å²) in [5.41, 5.74) is 8.80. The van der Waals surface area contributed by atoms with E-state index < -0.39 is 18.2 Å². The highest BCUT2D eigenvalue weighted by Gasteiger charge is 2.28. The smallest absolute Gasteiger partial charge is 0.338 e. The van der Waals surface area contributed by atoms with E-state index in [2.05, 4.69) is 4.99 Å². The van der Waals surface area contributed by atoms with Crippen molar-refractivity contribution in [1.82, 2.24) is 9.80 Å². The fourth-order valence-corrected chi connectivity index (χ4v) is 6.04. The third kappa shape index (κ3) is 9.94. The van der Waals surface area contributed by atoms with Gasteiger partial charge in [0.25, 0.3) is 0 Å². The molecule has 1 saturated carbocycles. The number of rotatable bonds is 16. The quantitative estimate of drug-likeness (QED) is 0.144. The number of amides is 1. The van der Waals surface area contributed by atoms with Crippen molar-refractivity contribution < 1.29 is 33.7 Å². The lowest BCUT2D eigenvalue weighted by atomic mass is 9.93. The fourth-order valence-electron chi connectivity index (χ4n) is 6.04. The van der Waals surface area contributed by atoms with Gasteiger partial charge in [-0.1, -0.05) is 50.3 Å². The Kier molecular flexibility index (Phi) is 13.3. The topological polar surface area (TPSA) is 144 Å². The highest BCUT2D eigenvalue weighted by Crippen LogP contribution is 2.33. The largest absolute Gasteiger partial charge is 0.493 e. The van der Waals surface area contributed by atoms with Crippen molar-refractivity contribution in [3.05, 3.63) is 59.2 Å². The third-order valence-corrected chi connectivity index (χ3v) is 8.38. The SMILES string of the molecule is CCOC(=O)c1cccc(COC(=O)CN2Cc3c(cccc3OCCCCCCC(=O)N(C(C)O)C3CCCCC3)N=C2N)c1. The molecule has 1 unspecified atom stereocenters. The van der Waals surface area contributed by atoms with Crippen molar-refractivity contribution >= 4 is 29.5 Å². The van der Waals surface area contributed by atoms with Crippen LogP contribution in [0.15, 0.2) is 47.5 Å². The van der Waals surface area contributed by atoms with E-state index >= 15 is 0 Å². The standard InChI is InChI=1S/C35H48N4O7/c1-3-44-34(43)27-14-11-13-26(21-27)24-46-33(42)23-38-22-29-30(37-35(38)36)17-12-18-31(29)45-20-10-5-4-9-19-32(41)39(25(2)40)28-15-7-6-8-16-28/h11-14,17-18,21,25,28,40H,3-10,15-16,19-20,22-24H2,1-2H3,(H2,36,37). The lowest BCUT2D eigenvalue weighted by Crippen LogP contribution is -2.46. The molecule has 0 saturated heterocycles. The average molecular weight is 637 g/mol. The predicted octanol–water partition coefficient (Wildman–Crippen LogP) is 5.20. The average Bonchev–Trinajstić information content (AvgIpc) is 3.04. The molecule has 1 amide bonds. The summed E-state index contributed by atoms with van der Waals surface area (Å²) in [4.78, 5) is 45.4. The maximum atomic E-state index is 12.8. The van der Waals surface area contributed by atoms with Gasteiger partial charge in [0.1, 0.15) is 25.1 Å². The molecule has 1 atom stereocenters. The first-order chi connectivity index (χ1) is 22.3. The maximum absolute atomic E-state index is 12.8. The van der Waals surface area contributed by atoms with Gasteiger partial charge in [0.05, 0.1) is 31.0 Å². The number of aliphatic hydroxyl groups excluding tert-OH is 1. The molecular formula is C35H48N4O7. The first-order valence-corrected chi connectivity index (χ1v) is 16.5. The first-order valence-electron chi connectivity index (χ1n) is 16.5. The second kappa shape index (κ2) is 17.5. The molecule has 4 rings (SSSR count). The second-order valence-corrected chi connectivity index (χ2v) is 11.9. The number of aliphatic imine (C=N–C) groups is 1. The Morgan fingerprint density at radius 2 is 1.80 bits per heavy atom. The van der Waals surface area contributed by atoms with Gasteiger partial charge >= 0.3 is 11.9 Å². The molecule has 0 bridgehead atoms. The van der Waals surface area contributed by atoms with Gasteiger partial charge in [0, 0.05) is 18.0 Å². The van der Waals surface area contributed by atoms with E-state index in [0.717, 1.165) is 56.9 Å². The molecule has 2 aromatic rings. The van der Waals surface area contributed by atoms with Crippen LogP contribution < -0.4 is 10.5 Å². The number of aliphatic hydroxyl groups is 1. The van der Waals surface area contributed by atoms with Gasteiger partial charge in [-0.2, -0.15) is 0 Å². The summed E-state index contributed by atoms with van der Waals surface area (Å²) in [6, 6.07) is 12.6. The van der Waals surface area contributed by atoms with E-state index in [0.29, 0.717) is 42.1 Å². The number of benzene rings is 2. The van der Waals surface area contributed by atoms with E-state index in [1.807, 2.05) is 18.2 Å². The molecule has 1 heterocycles. The molecule has 1 aliphatic heterocycles. The zero-order valence-electron chi connectivity index (χ0n) is 27.1. The highest BCUT2D eigenvalue weighted by molar-refractivity contribution is 5.89. The minimum atomic E-state index is -0.746. The molecule has 11 nitrogen and oxygen atoms in total. The number of fused-ring (bicyclic) bond motifs is 1. The number of ether oxygens (including phenoxy) is 3. The first kappa shape index (κ1) is 34.7. The summed E-state index contributed by atoms with van der Waals surface area (Å²) in [5.74, 6) is 0.0586. The molecule has 0 spiro atoms. The Labute approximate surface area is 271 Å². The summed E-state index contributed by atoms with van der Waals surface area (Å²) in [6.07, 6.45) is 8.55. The van der Waals surface area contributed by atoms with Gasteiger partial charge < -0.3 is 34.9 Å². The Morgan fingerprint density at radius 1 is 1.04 bits per heavy atom. The van der Waals surface area contributed by atoms with E-state index in [9.17, 15) is 19.5 Å². The van der Waals surface area contributed by atoms with Crippen LogP contribution in [0.25, 0.3) is 0 Å². The molecule has 11 heteroatoms. The number of hydrogen-bond acceptors (Lipinski definition) is 10. The zero-order valence-corrected chi connectivity index (χ0v) is 27.1. The van der Waals surface area contributed by atoms with Crippen molar-refractivity contribution in [2.75, 3.05) is 19.8 Å². The molecule has 2 aromatic carbocycles. The van der Waals surface area contributed by atoms with Crippen LogP contribution >= 0.6 is 0 Å². The van der Waals surface area contributed by atoms with Gasteiger partial charge in [0.15, 0.2) is 5.96 Å².